The number of amides is 1. The van der Waals surface area contributed by atoms with Crippen LogP contribution in [-0.2, 0) is 11.2 Å². The molecule has 1 aliphatic heterocycles. The van der Waals surface area contributed by atoms with E-state index < -0.39 is 12.1 Å². The number of hydrogen-bond acceptors (Lipinski definition) is 1. The SMILES string of the molecule is O=C(N1CCCC2c3ccccc3C[C@@H]21)C(F)(F)F. The van der Waals surface area contributed by atoms with Crippen LogP contribution in [0.15, 0.2) is 24.3 Å². The summed E-state index contributed by atoms with van der Waals surface area (Å²) in [7, 11) is 0. The van der Waals surface area contributed by atoms with Gasteiger partial charge in [-0.25, -0.2) is 0 Å². The number of hydrogen-bond donors (Lipinski definition) is 0. The molecule has 1 aromatic carbocycles. The van der Waals surface area contributed by atoms with Crippen LogP contribution >= 0.6 is 0 Å². The number of alkyl halides is 3. The predicted octanol–water partition coefficient (Wildman–Crippen LogP) is 2.88. The fourth-order valence-corrected chi connectivity index (χ4v) is 3.39. The molecule has 1 aliphatic carbocycles. The van der Waals surface area contributed by atoms with E-state index in [4.69, 9.17) is 0 Å². The van der Waals surface area contributed by atoms with Gasteiger partial charge in [-0.15, -0.1) is 0 Å². The highest BCUT2D eigenvalue weighted by atomic mass is 19.4. The van der Waals surface area contributed by atoms with Crippen LogP contribution in [0.4, 0.5) is 13.2 Å². The molecule has 0 aromatic heterocycles. The van der Waals surface area contributed by atoms with Gasteiger partial charge in [0, 0.05) is 18.5 Å². The number of benzene rings is 1. The molecule has 19 heavy (non-hydrogen) atoms. The molecule has 1 heterocycles. The van der Waals surface area contributed by atoms with E-state index in [2.05, 4.69) is 0 Å². The summed E-state index contributed by atoms with van der Waals surface area (Å²) in [5.41, 5.74) is 2.20. The molecule has 1 unspecified atom stereocenters. The third-order valence-corrected chi connectivity index (χ3v) is 4.17. The second kappa shape index (κ2) is 4.25. The zero-order valence-corrected chi connectivity index (χ0v) is 10.3. The monoisotopic (exact) mass is 269 g/mol. The molecular weight excluding hydrogens is 255 g/mol. The summed E-state index contributed by atoms with van der Waals surface area (Å²) in [6.45, 7) is 0.216. The van der Waals surface area contributed by atoms with Crippen LogP contribution in [0.25, 0.3) is 0 Å². The maximum absolute atomic E-state index is 12.6. The number of carbonyl (C=O) groups excluding carboxylic acids is 1. The summed E-state index contributed by atoms with van der Waals surface area (Å²) >= 11 is 0. The van der Waals surface area contributed by atoms with Gasteiger partial charge in [0.2, 0.25) is 0 Å². The Morgan fingerprint density at radius 2 is 2.00 bits per heavy atom. The molecule has 0 radical (unpaired) electrons. The molecule has 1 saturated heterocycles. The molecule has 2 aliphatic rings. The minimum Gasteiger partial charge on any atom is -0.331 e. The lowest BCUT2D eigenvalue weighted by Crippen LogP contribution is -2.51. The summed E-state index contributed by atoms with van der Waals surface area (Å²) in [5, 5.41) is 0. The van der Waals surface area contributed by atoms with Crippen LogP contribution in [-0.4, -0.2) is 29.6 Å². The van der Waals surface area contributed by atoms with Crippen LogP contribution in [0.5, 0.6) is 0 Å². The van der Waals surface area contributed by atoms with Crippen molar-refractivity contribution in [1.82, 2.24) is 4.90 Å². The maximum Gasteiger partial charge on any atom is 0.471 e. The van der Waals surface area contributed by atoms with Gasteiger partial charge in [0.25, 0.3) is 0 Å². The minimum atomic E-state index is -4.77. The first-order valence-electron chi connectivity index (χ1n) is 6.44. The Hall–Kier alpha value is -1.52. The summed E-state index contributed by atoms with van der Waals surface area (Å²) in [6, 6.07) is 7.41. The normalized spacial score (nSPS) is 25.9. The number of likely N-dealkylation sites (tertiary alicyclic amines) is 1. The van der Waals surface area contributed by atoms with Crippen molar-refractivity contribution in [3.05, 3.63) is 35.4 Å². The number of rotatable bonds is 0. The standard InChI is InChI=1S/C14H14F3NO/c15-14(16,17)13(19)18-7-3-6-11-10-5-2-1-4-9(10)8-12(11)18/h1-2,4-5,11-12H,3,6-8H2/t11?,12-/m0/s1. The summed E-state index contributed by atoms with van der Waals surface area (Å²) in [4.78, 5) is 12.6. The van der Waals surface area contributed by atoms with Gasteiger partial charge in [-0.05, 0) is 30.4 Å². The maximum atomic E-state index is 12.6. The minimum absolute atomic E-state index is 0.0660. The Balaban J connectivity index is 1.90. The zero-order chi connectivity index (χ0) is 13.6. The van der Waals surface area contributed by atoms with Gasteiger partial charge in [0.1, 0.15) is 0 Å². The fourth-order valence-electron chi connectivity index (χ4n) is 3.39. The molecule has 5 heteroatoms. The van der Waals surface area contributed by atoms with Gasteiger partial charge in [-0.3, -0.25) is 4.79 Å². The van der Waals surface area contributed by atoms with E-state index >= 15 is 0 Å². The van der Waals surface area contributed by atoms with Crippen molar-refractivity contribution in [1.29, 1.82) is 0 Å². The molecular formula is C14H14F3NO. The van der Waals surface area contributed by atoms with Crippen molar-refractivity contribution in [2.45, 2.75) is 37.4 Å². The molecule has 0 saturated carbocycles. The van der Waals surface area contributed by atoms with Crippen LogP contribution in [0, 0.1) is 0 Å². The van der Waals surface area contributed by atoms with Crippen LogP contribution < -0.4 is 0 Å². The summed E-state index contributed by atoms with van der Waals surface area (Å²) < 4.78 is 37.9. The molecule has 0 spiro atoms. The lowest BCUT2D eigenvalue weighted by molar-refractivity contribution is -0.189. The zero-order valence-electron chi connectivity index (χ0n) is 10.3. The number of nitrogens with zero attached hydrogens (tertiary/aromatic N) is 1. The van der Waals surface area contributed by atoms with E-state index in [1.54, 1.807) is 0 Å². The van der Waals surface area contributed by atoms with Crippen LogP contribution in [0.1, 0.15) is 29.9 Å². The van der Waals surface area contributed by atoms with Crippen molar-refractivity contribution in [2.24, 2.45) is 0 Å². The van der Waals surface area contributed by atoms with Gasteiger partial charge in [0.15, 0.2) is 0 Å². The smallest absolute Gasteiger partial charge is 0.331 e. The highest BCUT2D eigenvalue weighted by molar-refractivity contribution is 5.82. The van der Waals surface area contributed by atoms with Gasteiger partial charge < -0.3 is 4.90 Å². The van der Waals surface area contributed by atoms with E-state index in [-0.39, 0.29) is 18.5 Å². The van der Waals surface area contributed by atoms with E-state index in [1.807, 2.05) is 24.3 Å². The first kappa shape index (κ1) is 12.5. The molecule has 102 valence electrons. The predicted molar refractivity (Wildman–Crippen MR) is 63.7 cm³/mol. The summed E-state index contributed by atoms with van der Waals surface area (Å²) in [6.07, 6.45) is -2.72. The molecule has 2 atom stereocenters. The fraction of sp³-hybridized carbons (Fsp3) is 0.500. The Morgan fingerprint density at radius 3 is 2.74 bits per heavy atom. The quantitative estimate of drug-likeness (QED) is 0.709. The molecule has 0 N–H and O–H groups in total. The first-order valence-corrected chi connectivity index (χ1v) is 6.44. The molecule has 3 rings (SSSR count). The Kier molecular flexibility index (Phi) is 2.80. The second-order valence-electron chi connectivity index (χ2n) is 5.22. The average molecular weight is 269 g/mol. The second-order valence-corrected chi connectivity index (χ2v) is 5.22. The summed E-state index contributed by atoms with van der Waals surface area (Å²) in [5.74, 6) is -1.62. The van der Waals surface area contributed by atoms with E-state index in [0.29, 0.717) is 12.8 Å². The lowest BCUT2D eigenvalue weighted by atomic mass is 9.88. The Morgan fingerprint density at radius 1 is 1.26 bits per heavy atom. The molecule has 1 fully saturated rings. The van der Waals surface area contributed by atoms with Gasteiger partial charge in [-0.1, -0.05) is 24.3 Å². The van der Waals surface area contributed by atoms with Crippen molar-refractivity contribution in [3.63, 3.8) is 0 Å². The topological polar surface area (TPSA) is 20.3 Å². The number of carbonyl (C=O) groups is 1. The molecule has 1 amide bonds. The van der Waals surface area contributed by atoms with Crippen molar-refractivity contribution in [3.8, 4) is 0 Å². The third kappa shape index (κ3) is 2.01. The van der Waals surface area contributed by atoms with Crippen molar-refractivity contribution >= 4 is 5.91 Å². The first-order chi connectivity index (χ1) is 8.98. The van der Waals surface area contributed by atoms with Crippen LogP contribution in [0.3, 0.4) is 0 Å². The van der Waals surface area contributed by atoms with Gasteiger partial charge >= 0.3 is 12.1 Å². The highest BCUT2D eigenvalue weighted by Crippen LogP contribution is 2.42. The van der Waals surface area contributed by atoms with E-state index in [9.17, 15) is 18.0 Å². The van der Waals surface area contributed by atoms with Gasteiger partial charge in [-0.2, -0.15) is 13.2 Å². The van der Waals surface area contributed by atoms with Crippen molar-refractivity contribution < 1.29 is 18.0 Å². The lowest BCUT2D eigenvalue weighted by Gasteiger charge is -2.38. The third-order valence-electron chi connectivity index (χ3n) is 4.17. The van der Waals surface area contributed by atoms with E-state index in [0.717, 1.165) is 22.4 Å². The van der Waals surface area contributed by atoms with Gasteiger partial charge in [0.05, 0.1) is 0 Å². The van der Waals surface area contributed by atoms with Crippen molar-refractivity contribution in [2.75, 3.05) is 6.54 Å². The molecule has 0 bridgehead atoms. The Bertz CT molecular complexity index is 512. The molecule has 2 nitrogen and oxygen atoms in total. The largest absolute Gasteiger partial charge is 0.471 e. The highest BCUT2D eigenvalue weighted by Gasteiger charge is 2.49. The Labute approximate surface area is 109 Å². The average Bonchev–Trinajstić information content (AvgIpc) is 2.75. The molecule has 1 aromatic rings. The van der Waals surface area contributed by atoms with Crippen LogP contribution in [0.2, 0.25) is 0 Å². The number of halogens is 3. The number of piperidine rings is 1. The number of fused-ring (bicyclic) bond motifs is 3. The van der Waals surface area contributed by atoms with E-state index in [1.165, 1.54) is 0 Å².